The molecule has 7 nitrogen and oxygen atoms in total. The molecule has 3 heterocycles. The molecule has 2 aliphatic heterocycles. The number of aromatic nitrogens is 1. The Morgan fingerprint density at radius 1 is 1.12 bits per heavy atom. The molecule has 5 rings (SSSR count). The first-order valence-corrected chi connectivity index (χ1v) is 12.1. The molecule has 1 aromatic heterocycles. The van der Waals surface area contributed by atoms with E-state index in [0.29, 0.717) is 53.0 Å². The number of rotatable bonds is 2. The molecule has 3 aliphatic rings. The molecule has 184 valence electrons. The number of oxazole rings is 1. The largest absolute Gasteiger partial charge is 0.439 e. The highest BCUT2D eigenvalue weighted by atomic mass is 35.5. The van der Waals surface area contributed by atoms with Crippen molar-refractivity contribution >= 4 is 34.4 Å². The third-order valence-corrected chi connectivity index (χ3v) is 6.34. The maximum atomic E-state index is 13.9. The minimum absolute atomic E-state index is 0.107. The van der Waals surface area contributed by atoms with Crippen molar-refractivity contribution in [3.8, 4) is 0 Å². The molecule has 1 aliphatic carbocycles. The van der Waals surface area contributed by atoms with Gasteiger partial charge in [0.25, 0.3) is 0 Å². The molecule has 2 amide bonds. The molecule has 0 atom stereocenters. The lowest BCUT2D eigenvalue weighted by Crippen LogP contribution is -2.54. The number of amides is 2. The molecule has 1 aromatic carbocycles. The van der Waals surface area contributed by atoms with Crippen molar-refractivity contribution in [3.63, 3.8) is 0 Å². The Hall–Kier alpha value is -1.97. The van der Waals surface area contributed by atoms with Crippen LogP contribution in [0.5, 0.6) is 0 Å². The highest BCUT2D eigenvalue weighted by molar-refractivity contribution is 6.35. The highest BCUT2D eigenvalue weighted by Gasteiger charge is 2.50. The molecule has 0 bridgehead atoms. The van der Waals surface area contributed by atoms with E-state index in [1.165, 1.54) is 0 Å². The SMILES string of the molecule is CC.CC.O=C1Nc2c(Cl)cc3nc(CN4CCOCC4)oc3c2C2(CCC(F)(F)CC2)N1. The van der Waals surface area contributed by atoms with Crippen LogP contribution in [0.25, 0.3) is 11.1 Å². The van der Waals surface area contributed by atoms with E-state index in [-0.39, 0.29) is 25.7 Å². The van der Waals surface area contributed by atoms with Crippen LogP contribution in [0.1, 0.15) is 64.8 Å². The van der Waals surface area contributed by atoms with Gasteiger partial charge in [-0.2, -0.15) is 0 Å². The summed E-state index contributed by atoms with van der Waals surface area (Å²) in [5, 5.41) is 5.92. The van der Waals surface area contributed by atoms with Crippen molar-refractivity contribution in [2.75, 3.05) is 31.6 Å². The predicted octanol–water partition coefficient (Wildman–Crippen LogP) is 5.91. The number of fused-ring (bicyclic) bond motifs is 4. The second kappa shape index (κ2) is 10.5. The first-order chi connectivity index (χ1) is 15.9. The van der Waals surface area contributed by atoms with Crippen molar-refractivity contribution in [1.82, 2.24) is 15.2 Å². The average Bonchev–Trinajstić information content (AvgIpc) is 3.21. The number of anilines is 1. The smallest absolute Gasteiger partial charge is 0.319 e. The number of hydrogen-bond acceptors (Lipinski definition) is 5. The van der Waals surface area contributed by atoms with Gasteiger partial charge >= 0.3 is 6.03 Å². The third-order valence-electron chi connectivity index (χ3n) is 6.04. The maximum absolute atomic E-state index is 13.9. The second-order valence-electron chi connectivity index (χ2n) is 7.97. The van der Waals surface area contributed by atoms with Crippen LogP contribution in [0, 0.1) is 0 Å². The minimum atomic E-state index is -2.73. The van der Waals surface area contributed by atoms with E-state index < -0.39 is 17.5 Å². The van der Waals surface area contributed by atoms with E-state index in [0.717, 1.165) is 13.1 Å². The summed E-state index contributed by atoms with van der Waals surface area (Å²) in [4.78, 5) is 19.0. The molecule has 1 saturated heterocycles. The van der Waals surface area contributed by atoms with Gasteiger partial charge in [-0.1, -0.05) is 39.3 Å². The van der Waals surface area contributed by atoms with E-state index in [1.54, 1.807) is 6.07 Å². The van der Waals surface area contributed by atoms with Gasteiger partial charge < -0.3 is 19.8 Å². The van der Waals surface area contributed by atoms with E-state index in [2.05, 4.69) is 20.5 Å². The monoisotopic (exact) mass is 486 g/mol. The molecular formula is C23H33ClF2N4O3. The van der Waals surface area contributed by atoms with Crippen molar-refractivity contribution in [1.29, 1.82) is 0 Å². The summed E-state index contributed by atoms with van der Waals surface area (Å²) in [6.07, 6.45) is -0.407. The zero-order chi connectivity index (χ0) is 24.2. The van der Waals surface area contributed by atoms with Gasteiger partial charge in [0.1, 0.15) is 5.52 Å². The summed E-state index contributed by atoms with van der Waals surface area (Å²) in [7, 11) is 0. The van der Waals surface area contributed by atoms with E-state index in [4.69, 9.17) is 20.8 Å². The fraction of sp³-hybridized carbons (Fsp3) is 0.652. The van der Waals surface area contributed by atoms with Crippen LogP contribution >= 0.6 is 11.6 Å². The van der Waals surface area contributed by atoms with Crippen LogP contribution in [0.3, 0.4) is 0 Å². The van der Waals surface area contributed by atoms with Gasteiger partial charge in [0, 0.05) is 31.5 Å². The minimum Gasteiger partial charge on any atom is -0.439 e. The summed E-state index contributed by atoms with van der Waals surface area (Å²) in [5.74, 6) is -2.21. The van der Waals surface area contributed by atoms with Gasteiger partial charge in [-0.25, -0.2) is 18.6 Å². The summed E-state index contributed by atoms with van der Waals surface area (Å²) in [6.45, 7) is 11.4. The number of morpholine rings is 1. The molecular weight excluding hydrogens is 454 g/mol. The van der Waals surface area contributed by atoms with Crippen LogP contribution < -0.4 is 10.6 Å². The van der Waals surface area contributed by atoms with Gasteiger partial charge in [-0.05, 0) is 18.9 Å². The Balaban J connectivity index is 0.000000728. The second-order valence-corrected chi connectivity index (χ2v) is 8.38. The first kappa shape index (κ1) is 25.6. The van der Waals surface area contributed by atoms with E-state index >= 15 is 0 Å². The molecule has 2 aromatic rings. The number of ether oxygens (including phenoxy) is 1. The van der Waals surface area contributed by atoms with E-state index in [1.807, 2.05) is 27.7 Å². The van der Waals surface area contributed by atoms with E-state index in [9.17, 15) is 13.6 Å². The number of alkyl halides is 2. The zero-order valence-electron chi connectivity index (χ0n) is 19.7. The van der Waals surface area contributed by atoms with Crippen LogP contribution in [0.15, 0.2) is 10.5 Å². The van der Waals surface area contributed by atoms with Gasteiger partial charge in [0.2, 0.25) is 11.8 Å². The van der Waals surface area contributed by atoms with Crippen LogP contribution in [0.2, 0.25) is 5.02 Å². The standard InChI is InChI=1S/C19H21ClF2N4O3.2C2H6/c20-11-9-12-16(29-13(23-12)10-26-5-7-28-8-6-26)14-15(11)24-17(27)25-18(14)1-3-19(21,22)4-2-18;2*1-2/h9H,1-8,10H2,(H2,24,25,27);2*1-2H3. The van der Waals surface area contributed by atoms with Gasteiger partial charge in [0.05, 0.1) is 36.0 Å². The fourth-order valence-corrected chi connectivity index (χ4v) is 4.76. The van der Waals surface area contributed by atoms with Crippen molar-refractivity contribution in [2.45, 2.75) is 71.4 Å². The molecule has 1 spiro atoms. The number of nitrogens with one attached hydrogen (secondary N) is 2. The van der Waals surface area contributed by atoms with Crippen molar-refractivity contribution in [2.24, 2.45) is 0 Å². The average molecular weight is 487 g/mol. The van der Waals surface area contributed by atoms with Gasteiger partial charge in [0.15, 0.2) is 5.58 Å². The summed E-state index contributed by atoms with van der Waals surface area (Å²) < 4.78 is 39.2. The maximum Gasteiger partial charge on any atom is 0.319 e. The van der Waals surface area contributed by atoms with Crippen LogP contribution in [-0.4, -0.2) is 48.1 Å². The fourth-order valence-electron chi connectivity index (χ4n) is 4.52. The molecule has 0 radical (unpaired) electrons. The Morgan fingerprint density at radius 2 is 1.76 bits per heavy atom. The Labute approximate surface area is 198 Å². The number of carbonyl (C=O) groups excluding carboxylic acids is 1. The number of urea groups is 1. The molecule has 2 fully saturated rings. The van der Waals surface area contributed by atoms with Crippen LogP contribution in [0.4, 0.5) is 19.3 Å². The highest BCUT2D eigenvalue weighted by Crippen LogP contribution is 2.51. The van der Waals surface area contributed by atoms with Gasteiger partial charge in [-0.3, -0.25) is 4.90 Å². The first-order valence-electron chi connectivity index (χ1n) is 11.7. The molecule has 1 saturated carbocycles. The van der Waals surface area contributed by atoms with Gasteiger partial charge in [-0.15, -0.1) is 0 Å². The predicted molar refractivity (Wildman–Crippen MR) is 125 cm³/mol. The number of benzene rings is 1. The Bertz CT molecular complexity index is 966. The number of carbonyl (C=O) groups is 1. The molecule has 2 N–H and O–H groups in total. The lowest BCUT2D eigenvalue weighted by atomic mass is 9.73. The van der Waals surface area contributed by atoms with Crippen LogP contribution in [-0.2, 0) is 16.8 Å². The van der Waals surface area contributed by atoms with Crippen molar-refractivity contribution in [3.05, 3.63) is 22.5 Å². The molecule has 0 unspecified atom stereocenters. The summed E-state index contributed by atoms with van der Waals surface area (Å²) in [6, 6.07) is 1.20. The zero-order valence-corrected chi connectivity index (χ0v) is 20.5. The lowest BCUT2D eigenvalue weighted by Gasteiger charge is -2.44. The van der Waals surface area contributed by atoms with Crippen molar-refractivity contribution < 1.29 is 22.7 Å². The number of nitrogens with zero attached hydrogens (tertiary/aromatic N) is 2. The number of halogens is 3. The Morgan fingerprint density at radius 3 is 2.39 bits per heavy atom. The summed E-state index contributed by atoms with van der Waals surface area (Å²) in [5.41, 5.74) is 1.15. The topological polar surface area (TPSA) is 79.6 Å². The summed E-state index contributed by atoms with van der Waals surface area (Å²) >= 11 is 6.45. The lowest BCUT2D eigenvalue weighted by molar-refractivity contribution is -0.0552. The Kier molecular flexibility index (Phi) is 8.18. The molecule has 33 heavy (non-hydrogen) atoms. The third kappa shape index (κ3) is 5.25. The molecule has 10 heteroatoms. The normalized spacial score (nSPS) is 21.1. The number of hydrogen-bond donors (Lipinski definition) is 2. The quantitative estimate of drug-likeness (QED) is 0.552.